The second-order valence-corrected chi connectivity index (χ2v) is 8.48. The molecule has 6 nitrogen and oxygen atoms in total. The number of hydrogen-bond acceptors (Lipinski definition) is 4. The summed E-state index contributed by atoms with van der Waals surface area (Å²) >= 11 is 0. The molecule has 0 aromatic heterocycles. The molecular weight excluding hydrogens is 352 g/mol. The summed E-state index contributed by atoms with van der Waals surface area (Å²) in [5.41, 5.74) is 1.78. The maximum absolute atomic E-state index is 6.12. The zero-order chi connectivity index (χ0) is 19.4. The Morgan fingerprint density at radius 1 is 1.29 bits per heavy atom. The lowest BCUT2D eigenvalue weighted by Gasteiger charge is -2.36. The van der Waals surface area contributed by atoms with Gasteiger partial charge in [-0.1, -0.05) is 30.3 Å². The number of rotatable bonds is 7. The molecule has 2 unspecified atom stereocenters. The summed E-state index contributed by atoms with van der Waals surface area (Å²) in [6.45, 7) is 6.53. The third-order valence-electron chi connectivity index (χ3n) is 6.57. The molecular formula is C22H34N4O2. The van der Waals surface area contributed by atoms with Crippen molar-refractivity contribution in [3.63, 3.8) is 0 Å². The molecule has 28 heavy (non-hydrogen) atoms. The number of hydrogen-bond donors (Lipinski definition) is 1. The van der Waals surface area contributed by atoms with Crippen molar-refractivity contribution in [1.29, 1.82) is 0 Å². The first kappa shape index (κ1) is 19.7. The van der Waals surface area contributed by atoms with Gasteiger partial charge in [-0.25, -0.2) is 0 Å². The van der Waals surface area contributed by atoms with Crippen molar-refractivity contribution in [2.75, 3.05) is 53.6 Å². The van der Waals surface area contributed by atoms with Gasteiger partial charge in [0.1, 0.15) is 0 Å². The fraction of sp³-hybridized carbons (Fsp3) is 0.682. The van der Waals surface area contributed by atoms with Gasteiger partial charge in [-0.15, -0.1) is 0 Å². The molecule has 0 bridgehead atoms. The molecule has 1 saturated carbocycles. The fourth-order valence-electron chi connectivity index (χ4n) is 4.55. The van der Waals surface area contributed by atoms with E-state index in [9.17, 15) is 0 Å². The van der Waals surface area contributed by atoms with Crippen LogP contribution in [0.1, 0.15) is 24.8 Å². The number of likely N-dealkylation sites (tertiary alicyclic amines) is 1. The Morgan fingerprint density at radius 3 is 2.82 bits per heavy atom. The van der Waals surface area contributed by atoms with Crippen LogP contribution in [0.5, 0.6) is 0 Å². The second kappa shape index (κ2) is 8.80. The predicted octanol–water partition coefficient (Wildman–Crippen LogP) is 1.96. The van der Waals surface area contributed by atoms with Crippen LogP contribution < -0.4 is 5.32 Å². The number of benzene rings is 1. The topological polar surface area (TPSA) is 49.3 Å². The molecule has 1 aliphatic carbocycles. The van der Waals surface area contributed by atoms with E-state index in [1.54, 1.807) is 7.11 Å². The van der Waals surface area contributed by atoms with Gasteiger partial charge in [0.2, 0.25) is 0 Å². The first-order valence-electron chi connectivity index (χ1n) is 10.6. The Morgan fingerprint density at radius 2 is 2.11 bits per heavy atom. The Balaban J connectivity index is 1.34. The minimum Gasteiger partial charge on any atom is -0.385 e. The number of morpholine rings is 1. The number of methoxy groups -OCH3 is 1. The molecule has 1 N–H and O–H groups in total. The summed E-state index contributed by atoms with van der Waals surface area (Å²) in [6, 6.07) is 11.2. The van der Waals surface area contributed by atoms with Crippen LogP contribution in [-0.2, 0) is 16.0 Å². The van der Waals surface area contributed by atoms with Crippen LogP contribution in [0.15, 0.2) is 35.3 Å². The number of ether oxygens (including phenoxy) is 2. The second-order valence-electron chi connectivity index (χ2n) is 8.48. The lowest BCUT2D eigenvalue weighted by molar-refractivity contribution is -0.0502. The summed E-state index contributed by atoms with van der Waals surface area (Å²) in [6.07, 6.45) is 3.98. The van der Waals surface area contributed by atoms with E-state index >= 15 is 0 Å². The first-order chi connectivity index (χ1) is 13.7. The summed E-state index contributed by atoms with van der Waals surface area (Å²) in [5, 5.41) is 3.64. The highest BCUT2D eigenvalue weighted by atomic mass is 16.5. The molecule has 6 heteroatoms. The quantitative estimate of drug-likeness (QED) is 0.574. The lowest BCUT2D eigenvalue weighted by atomic mass is 10.0. The fourth-order valence-corrected chi connectivity index (χ4v) is 4.55. The largest absolute Gasteiger partial charge is 0.385 e. The van der Waals surface area contributed by atoms with Crippen LogP contribution in [0.4, 0.5) is 0 Å². The van der Waals surface area contributed by atoms with E-state index in [0.717, 1.165) is 58.3 Å². The molecule has 3 fully saturated rings. The van der Waals surface area contributed by atoms with E-state index in [-0.39, 0.29) is 6.10 Å². The van der Waals surface area contributed by atoms with E-state index < -0.39 is 0 Å². The van der Waals surface area contributed by atoms with E-state index in [0.29, 0.717) is 11.5 Å². The predicted molar refractivity (Wildman–Crippen MR) is 111 cm³/mol. The van der Waals surface area contributed by atoms with E-state index in [2.05, 4.69) is 50.4 Å². The number of nitrogens with one attached hydrogen (secondary N) is 1. The molecule has 0 radical (unpaired) electrons. The van der Waals surface area contributed by atoms with Crippen molar-refractivity contribution in [1.82, 2.24) is 15.1 Å². The van der Waals surface area contributed by atoms with Gasteiger partial charge in [0, 0.05) is 53.5 Å². The van der Waals surface area contributed by atoms with E-state index in [1.807, 2.05) is 7.05 Å². The summed E-state index contributed by atoms with van der Waals surface area (Å²) < 4.78 is 11.4. The molecule has 2 aliphatic heterocycles. The number of aliphatic imine (C=N–C) groups is 1. The van der Waals surface area contributed by atoms with Crippen LogP contribution in [0.25, 0.3) is 0 Å². The highest BCUT2D eigenvalue weighted by molar-refractivity contribution is 5.80. The molecule has 154 valence electrons. The molecule has 1 aromatic carbocycles. The van der Waals surface area contributed by atoms with Gasteiger partial charge in [-0.05, 0) is 30.2 Å². The van der Waals surface area contributed by atoms with Crippen molar-refractivity contribution in [2.24, 2.45) is 10.4 Å². The van der Waals surface area contributed by atoms with Crippen LogP contribution in [0.2, 0.25) is 0 Å². The van der Waals surface area contributed by atoms with Crippen LogP contribution in [0.3, 0.4) is 0 Å². The van der Waals surface area contributed by atoms with Gasteiger partial charge in [-0.3, -0.25) is 9.89 Å². The van der Waals surface area contributed by atoms with Crippen LogP contribution in [-0.4, -0.2) is 81.5 Å². The van der Waals surface area contributed by atoms with Gasteiger partial charge in [-0.2, -0.15) is 0 Å². The smallest absolute Gasteiger partial charge is 0.193 e. The molecule has 2 atom stereocenters. The summed E-state index contributed by atoms with van der Waals surface area (Å²) in [4.78, 5) is 9.54. The molecule has 2 heterocycles. The normalized spacial score (nSPS) is 26.9. The summed E-state index contributed by atoms with van der Waals surface area (Å²) in [7, 11) is 3.68. The molecule has 0 spiro atoms. The standard InChI is InChI=1S/C22H34N4O2/c1-23-21(24-17-22(8-9-22)10-12-27-2)26-15-19-20(16-26)28-13-11-25(19)14-18-6-4-3-5-7-18/h3-7,19-20H,8-17H2,1-2H3,(H,23,24). The van der Waals surface area contributed by atoms with Crippen molar-refractivity contribution in [2.45, 2.75) is 38.0 Å². The van der Waals surface area contributed by atoms with Crippen molar-refractivity contribution in [3.8, 4) is 0 Å². The molecule has 3 aliphatic rings. The lowest BCUT2D eigenvalue weighted by Crippen LogP contribution is -2.50. The van der Waals surface area contributed by atoms with Crippen LogP contribution in [0, 0.1) is 5.41 Å². The van der Waals surface area contributed by atoms with Crippen molar-refractivity contribution >= 4 is 5.96 Å². The zero-order valence-corrected chi connectivity index (χ0v) is 17.3. The third-order valence-corrected chi connectivity index (χ3v) is 6.57. The monoisotopic (exact) mass is 386 g/mol. The SMILES string of the molecule is CN=C(NCC1(CCOC)CC1)N1CC2OCCN(Cc3ccccc3)C2C1. The van der Waals surface area contributed by atoms with Crippen molar-refractivity contribution in [3.05, 3.63) is 35.9 Å². The average molecular weight is 387 g/mol. The van der Waals surface area contributed by atoms with Crippen molar-refractivity contribution < 1.29 is 9.47 Å². The van der Waals surface area contributed by atoms with Gasteiger partial charge < -0.3 is 19.7 Å². The van der Waals surface area contributed by atoms with Gasteiger partial charge in [0.05, 0.1) is 18.8 Å². The third kappa shape index (κ3) is 4.50. The van der Waals surface area contributed by atoms with Gasteiger partial charge >= 0.3 is 0 Å². The first-order valence-corrected chi connectivity index (χ1v) is 10.6. The molecule has 0 amide bonds. The Kier molecular flexibility index (Phi) is 6.19. The minimum atomic E-state index is 0.263. The van der Waals surface area contributed by atoms with E-state index in [4.69, 9.17) is 9.47 Å². The number of fused-ring (bicyclic) bond motifs is 1. The molecule has 1 aromatic rings. The van der Waals surface area contributed by atoms with Crippen LogP contribution >= 0.6 is 0 Å². The van der Waals surface area contributed by atoms with Gasteiger partial charge in [0.15, 0.2) is 5.96 Å². The van der Waals surface area contributed by atoms with Gasteiger partial charge in [0.25, 0.3) is 0 Å². The number of guanidine groups is 1. The average Bonchev–Trinajstić information content (AvgIpc) is 3.36. The maximum Gasteiger partial charge on any atom is 0.193 e. The summed E-state index contributed by atoms with van der Waals surface area (Å²) in [5.74, 6) is 1.02. The maximum atomic E-state index is 6.12. The zero-order valence-electron chi connectivity index (χ0n) is 17.3. The minimum absolute atomic E-state index is 0.263. The number of nitrogens with zero attached hydrogens (tertiary/aromatic N) is 3. The molecule has 2 saturated heterocycles. The Hall–Kier alpha value is -1.63. The van der Waals surface area contributed by atoms with E-state index in [1.165, 1.54) is 18.4 Å². The highest BCUT2D eigenvalue weighted by Gasteiger charge is 2.44. The Labute approximate surface area is 168 Å². The Bertz CT molecular complexity index is 662. The highest BCUT2D eigenvalue weighted by Crippen LogP contribution is 2.48. The molecule has 4 rings (SSSR count).